The van der Waals surface area contributed by atoms with Crippen LogP contribution in [0.25, 0.3) is 0 Å². The van der Waals surface area contributed by atoms with Crippen molar-refractivity contribution in [3.8, 4) is 11.5 Å². The molecule has 28 heavy (non-hydrogen) atoms. The third kappa shape index (κ3) is 5.64. The highest BCUT2D eigenvalue weighted by Gasteiger charge is 2.12. The topological polar surface area (TPSA) is 60.5 Å². The molecule has 0 saturated carbocycles. The number of carbonyl (C=O) groups excluding carboxylic acids is 1. The standard InChI is InChI=1S/C20H19ClN2O3S2/c1-25-16-7-8-17(18(10-16)26-2)23-19(24)9-15-12-28-20(22-15)27-11-13-3-5-14(21)6-4-13/h3-8,10,12H,9,11H2,1-2H3,(H,23,24). The second kappa shape index (κ2) is 9.82. The first-order chi connectivity index (χ1) is 13.6. The summed E-state index contributed by atoms with van der Waals surface area (Å²) in [4.78, 5) is 16.9. The Morgan fingerprint density at radius 1 is 1.18 bits per heavy atom. The van der Waals surface area contributed by atoms with Gasteiger partial charge in [-0.3, -0.25) is 4.79 Å². The molecule has 146 valence electrons. The molecule has 1 N–H and O–H groups in total. The minimum atomic E-state index is -0.150. The van der Waals surface area contributed by atoms with Crippen LogP contribution in [0.4, 0.5) is 5.69 Å². The number of thiazole rings is 1. The van der Waals surface area contributed by atoms with Gasteiger partial charge in [0.05, 0.1) is 32.0 Å². The summed E-state index contributed by atoms with van der Waals surface area (Å²) in [6.07, 6.45) is 0.202. The van der Waals surface area contributed by atoms with Crippen LogP contribution in [0, 0.1) is 0 Å². The van der Waals surface area contributed by atoms with E-state index in [4.69, 9.17) is 21.1 Å². The van der Waals surface area contributed by atoms with Crippen LogP contribution < -0.4 is 14.8 Å². The zero-order valence-corrected chi connectivity index (χ0v) is 17.8. The zero-order chi connectivity index (χ0) is 19.9. The smallest absolute Gasteiger partial charge is 0.230 e. The lowest BCUT2D eigenvalue weighted by atomic mass is 10.2. The summed E-state index contributed by atoms with van der Waals surface area (Å²) in [5.41, 5.74) is 2.52. The molecule has 0 fully saturated rings. The van der Waals surface area contributed by atoms with Crippen LogP contribution >= 0.6 is 34.7 Å². The molecule has 2 aromatic carbocycles. The molecule has 3 rings (SSSR count). The highest BCUT2D eigenvalue weighted by molar-refractivity contribution is 8.00. The average Bonchev–Trinajstić information content (AvgIpc) is 3.15. The number of methoxy groups -OCH3 is 2. The van der Waals surface area contributed by atoms with E-state index in [0.29, 0.717) is 17.2 Å². The molecule has 0 bridgehead atoms. The van der Waals surface area contributed by atoms with Gasteiger partial charge in [-0.15, -0.1) is 11.3 Å². The number of thioether (sulfide) groups is 1. The van der Waals surface area contributed by atoms with E-state index in [1.54, 1.807) is 44.2 Å². The third-order valence-electron chi connectivity index (χ3n) is 3.83. The van der Waals surface area contributed by atoms with Gasteiger partial charge in [0.1, 0.15) is 15.8 Å². The number of carbonyl (C=O) groups is 1. The Balaban J connectivity index is 1.56. The molecule has 0 saturated heterocycles. The van der Waals surface area contributed by atoms with Crippen LogP contribution in [0.2, 0.25) is 5.02 Å². The molecule has 0 radical (unpaired) electrons. The van der Waals surface area contributed by atoms with Crippen molar-refractivity contribution in [1.29, 1.82) is 0 Å². The van der Waals surface area contributed by atoms with Crippen LogP contribution in [0.1, 0.15) is 11.3 Å². The van der Waals surface area contributed by atoms with Crippen LogP contribution in [0.5, 0.6) is 11.5 Å². The van der Waals surface area contributed by atoms with Crippen molar-refractivity contribution in [2.45, 2.75) is 16.5 Å². The average molecular weight is 435 g/mol. The number of rotatable bonds is 8. The fraction of sp³-hybridized carbons (Fsp3) is 0.200. The van der Waals surface area contributed by atoms with Crippen LogP contribution in [0.15, 0.2) is 52.2 Å². The van der Waals surface area contributed by atoms with Gasteiger partial charge in [0, 0.05) is 22.2 Å². The maximum atomic E-state index is 12.4. The van der Waals surface area contributed by atoms with E-state index in [9.17, 15) is 4.79 Å². The van der Waals surface area contributed by atoms with Crippen molar-refractivity contribution in [3.63, 3.8) is 0 Å². The van der Waals surface area contributed by atoms with E-state index >= 15 is 0 Å². The normalized spacial score (nSPS) is 10.5. The van der Waals surface area contributed by atoms with Crippen molar-refractivity contribution in [2.24, 2.45) is 0 Å². The highest BCUT2D eigenvalue weighted by atomic mass is 35.5. The molecule has 8 heteroatoms. The number of hydrogen-bond donors (Lipinski definition) is 1. The van der Waals surface area contributed by atoms with Gasteiger partial charge in [0.25, 0.3) is 0 Å². The first kappa shape index (κ1) is 20.5. The summed E-state index contributed by atoms with van der Waals surface area (Å²) in [7, 11) is 3.13. The number of anilines is 1. The predicted molar refractivity (Wildman–Crippen MR) is 115 cm³/mol. The number of ether oxygens (including phenoxy) is 2. The van der Waals surface area contributed by atoms with E-state index in [1.165, 1.54) is 16.9 Å². The molecule has 1 heterocycles. The Kier molecular flexibility index (Phi) is 7.19. The summed E-state index contributed by atoms with van der Waals surface area (Å²) < 4.78 is 11.4. The number of nitrogens with one attached hydrogen (secondary N) is 1. The predicted octanol–water partition coefficient (Wildman–Crippen LogP) is 5.29. The minimum absolute atomic E-state index is 0.150. The van der Waals surface area contributed by atoms with E-state index in [2.05, 4.69) is 10.3 Å². The van der Waals surface area contributed by atoms with Gasteiger partial charge >= 0.3 is 0 Å². The monoisotopic (exact) mass is 434 g/mol. The van der Waals surface area contributed by atoms with Gasteiger partial charge in [-0.25, -0.2) is 4.98 Å². The fourth-order valence-electron chi connectivity index (χ4n) is 2.42. The third-order valence-corrected chi connectivity index (χ3v) is 6.22. The SMILES string of the molecule is COc1ccc(NC(=O)Cc2csc(SCc3ccc(Cl)cc3)n2)c(OC)c1. The largest absolute Gasteiger partial charge is 0.497 e. The number of hydrogen-bond acceptors (Lipinski definition) is 6. The van der Waals surface area contributed by atoms with E-state index in [1.807, 2.05) is 29.6 Å². The molecule has 0 unspecified atom stereocenters. The molecule has 1 amide bonds. The molecule has 0 aliphatic heterocycles. The molecule has 1 aromatic heterocycles. The maximum Gasteiger partial charge on any atom is 0.230 e. The Morgan fingerprint density at radius 3 is 2.68 bits per heavy atom. The van der Waals surface area contributed by atoms with E-state index in [0.717, 1.165) is 20.8 Å². The zero-order valence-electron chi connectivity index (χ0n) is 15.4. The second-order valence-corrected chi connectivity index (χ2v) is 8.33. The molecule has 3 aromatic rings. The fourth-order valence-corrected chi connectivity index (χ4v) is 4.35. The van der Waals surface area contributed by atoms with Gasteiger partial charge in [0.2, 0.25) is 5.91 Å². The van der Waals surface area contributed by atoms with Crippen molar-refractivity contribution in [3.05, 3.63) is 64.1 Å². The summed E-state index contributed by atoms with van der Waals surface area (Å²) >= 11 is 9.08. The van der Waals surface area contributed by atoms with Gasteiger partial charge in [-0.2, -0.15) is 0 Å². The van der Waals surface area contributed by atoms with Gasteiger partial charge < -0.3 is 14.8 Å². The lowest BCUT2D eigenvalue weighted by Crippen LogP contribution is -2.15. The van der Waals surface area contributed by atoms with Crippen LogP contribution in [-0.4, -0.2) is 25.1 Å². The summed E-state index contributed by atoms with van der Waals surface area (Å²) in [6, 6.07) is 13.0. The summed E-state index contributed by atoms with van der Waals surface area (Å²) in [6.45, 7) is 0. The Hall–Kier alpha value is -2.22. The van der Waals surface area contributed by atoms with Crippen LogP contribution in [-0.2, 0) is 17.0 Å². The highest BCUT2D eigenvalue weighted by Crippen LogP contribution is 2.30. The number of benzene rings is 2. The van der Waals surface area contributed by atoms with Gasteiger partial charge in [-0.05, 0) is 29.8 Å². The number of halogens is 1. The molecule has 0 aliphatic rings. The van der Waals surface area contributed by atoms with Gasteiger partial charge in [-0.1, -0.05) is 35.5 Å². The van der Waals surface area contributed by atoms with E-state index < -0.39 is 0 Å². The maximum absolute atomic E-state index is 12.4. The van der Waals surface area contributed by atoms with Crippen molar-refractivity contribution < 1.29 is 14.3 Å². The Bertz CT molecular complexity index is 945. The Labute approximate surface area is 177 Å². The molecule has 0 atom stereocenters. The Morgan fingerprint density at radius 2 is 1.96 bits per heavy atom. The number of aromatic nitrogens is 1. The first-order valence-electron chi connectivity index (χ1n) is 8.41. The second-order valence-electron chi connectivity index (χ2n) is 5.81. The lowest BCUT2D eigenvalue weighted by molar-refractivity contribution is -0.115. The molecular weight excluding hydrogens is 416 g/mol. The van der Waals surface area contributed by atoms with Gasteiger partial charge in [0.15, 0.2) is 0 Å². The summed E-state index contributed by atoms with van der Waals surface area (Å²) in [5, 5.41) is 5.50. The number of amides is 1. The quantitative estimate of drug-likeness (QED) is 0.488. The van der Waals surface area contributed by atoms with Crippen LogP contribution in [0.3, 0.4) is 0 Å². The van der Waals surface area contributed by atoms with E-state index in [-0.39, 0.29) is 12.3 Å². The van der Waals surface area contributed by atoms with Crippen molar-refractivity contribution in [2.75, 3.05) is 19.5 Å². The molecule has 0 aliphatic carbocycles. The summed E-state index contributed by atoms with van der Waals surface area (Å²) in [5.74, 6) is 1.87. The van der Waals surface area contributed by atoms with Crippen molar-refractivity contribution in [1.82, 2.24) is 4.98 Å². The molecule has 0 spiro atoms. The molecule has 5 nitrogen and oxygen atoms in total. The lowest BCUT2D eigenvalue weighted by Gasteiger charge is -2.11. The van der Waals surface area contributed by atoms with Crippen molar-refractivity contribution >= 4 is 46.3 Å². The minimum Gasteiger partial charge on any atom is -0.497 e. The first-order valence-corrected chi connectivity index (χ1v) is 10.6. The number of nitrogens with zero attached hydrogens (tertiary/aromatic N) is 1. The molecular formula is C20H19ClN2O3S2.